The van der Waals surface area contributed by atoms with Crippen molar-refractivity contribution in [1.29, 1.82) is 0 Å². The predicted octanol–water partition coefficient (Wildman–Crippen LogP) is -4.69. The monoisotopic (exact) mass is 478 g/mol. The maximum atomic E-state index is 10.9. The Bertz CT molecular complexity index is 631. The van der Waals surface area contributed by atoms with E-state index in [-0.39, 0.29) is 24.7 Å². The van der Waals surface area contributed by atoms with Crippen LogP contribution in [0.15, 0.2) is 0 Å². The summed E-state index contributed by atoms with van der Waals surface area (Å²) in [5.74, 6) is -0.778. The lowest BCUT2D eigenvalue weighted by atomic mass is 9.72. The molecule has 194 valence electrons. The van der Waals surface area contributed by atoms with E-state index in [1.807, 2.05) is 6.92 Å². The van der Waals surface area contributed by atoms with Gasteiger partial charge in [0.25, 0.3) is 0 Å². The third-order valence-electron chi connectivity index (χ3n) is 8.04. The zero-order valence-corrected chi connectivity index (χ0v) is 19.0. The molecule has 1 heterocycles. The average molecular weight is 479 g/mol. The van der Waals surface area contributed by atoms with Crippen molar-refractivity contribution >= 4 is 0 Å². The molecule has 33 heavy (non-hydrogen) atoms. The van der Waals surface area contributed by atoms with Crippen LogP contribution in [0.2, 0.25) is 0 Å². The van der Waals surface area contributed by atoms with Crippen LogP contribution < -0.4 is 22.9 Å². The van der Waals surface area contributed by atoms with Crippen molar-refractivity contribution in [2.75, 3.05) is 13.2 Å². The summed E-state index contributed by atoms with van der Waals surface area (Å²) < 4.78 is 12.0. The highest BCUT2D eigenvalue weighted by Crippen LogP contribution is 2.37. The van der Waals surface area contributed by atoms with Crippen LogP contribution in [0.5, 0.6) is 0 Å². The van der Waals surface area contributed by atoms with Crippen LogP contribution in [0, 0.1) is 17.8 Å². The van der Waals surface area contributed by atoms with Crippen LogP contribution in [0.3, 0.4) is 0 Å². The zero-order valence-electron chi connectivity index (χ0n) is 19.0. The van der Waals surface area contributed by atoms with Crippen molar-refractivity contribution in [3.8, 4) is 0 Å². The van der Waals surface area contributed by atoms with Crippen molar-refractivity contribution in [2.24, 2.45) is 40.7 Å². The number of aliphatic hydroxyl groups excluding tert-OH is 6. The Kier molecular flexibility index (Phi) is 9.09. The molecule has 3 aliphatic rings. The van der Waals surface area contributed by atoms with E-state index >= 15 is 0 Å². The Morgan fingerprint density at radius 3 is 2.09 bits per heavy atom. The number of hydrogen-bond acceptors (Lipinski definition) is 12. The van der Waals surface area contributed by atoms with Gasteiger partial charge in [-0.1, -0.05) is 6.92 Å². The van der Waals surface area contributed by atoms with E-state index < -0.39 is 85.6 Å². The van der Waals surface area contributed by atoms with Gasteiger partial charge in [-0.05, 0) is 37.6 Å². The van der Waals surface area contributed by atoms with Crippen molar-refractivity contribution in [3.05, 3.63) is 0 Å². The lowest BCUT2D eigenvalue weighted by Gasteiger charge is -2.49. The van der Waals surface area contributed by atoms with E-state index in [9.17, 15) is 30.6 Å². The van der Waals surface area contributed by atoms with E-state index in [1.54, 1.807) is 0 Å². The molecule has 3 fully saturated rings. The summed E-state index contributed by atoms with van der Waals surface area (Å²) in [6.45, 7) is 1.71. The van der Waals surface area contributed by atoms with Crippen LogP contribution in [0.4, 0.5) is 0 Å². The Morgan fingerprint density at radius 2 is 1.48 bits per heavy atom. The second-order valence-corrected chi connectivity index (χ2v) is 10.1. The second-order valence-electron chi connectivity index (χ2n) is 10.1. The molecule has 3 rings (SSSR count). The highest BCUT2D eigenvalue weighted by atomic mass is 16.5. The van der Waals surface area contributed by atoms with Crippen LogP contribution in [-0.4, -0.2) is 117 Å². The van der Waals surface area contributed by atoms with Gasteiger partial charge in [-0.3, -0.25) is 0 Å². The number of rotatable bonds is 6. The Hall–Kier alpha value is -0.480. The van der Waals surface area contributed by atoms with Crippen LogP contribution in [-0.2, 0) is 9.47 Å². The highest BCUT2D eigenvalue weighted by Gasteiger charge is 2.50. The lowest BCUT2D eigenvalue weighted by Crippen LogP contribution is -2.65. The summed E-state index contributed by atoms with van der Waals surface area (Å²) in [4.78, 5) is 0. The topological polar surface area (TPSA) is 244 Å². The molecule has 1 saturated heterocycles. The molecule has 14 N–H and O–H groups in total. The zero-order chi connectivity index (χ0) is 24.6. The number of ether oxygens (including phenoxy) is 2. The first-order valence-electron chi connectivity index (χ1n) is 11.8. The fraction of sp³-hybridized carbons (Fsp3) is 1.00. The molecule has 0 aromatic carbocycles. The molecule has 0 aromatic heterocycles. The Balaban J connectivity index is 1.80. The van der Waals surface area contributed by atoms with Crippen molar-refractivity contribution < 1.29 is 40.1 Å². The first kappa shape index (κ1) is 27.1. The molecular weight excluding hydrogens is 436 g/mol. The molecule has 12 heteroatoms. The fourth-order valence-corrected chi connectivity index (χ4v) is 5.71. The van der Waals surface area contributed by atoms with Crippen molar-refractivity contribution in [2.45, 2.75) is 99.2 Å². The van der Waals surface area contributed by atoms with Crippen LogP contribution in [0.25, 0.3) is 0 Å². The molecular formula is C21H42N4O8. The summed E-state index contributed by atoms with van der Waals surface area (Å²) in [5, 5.41) is 61.7. The standard InChI is InChI=1S/C21H42N4O8/c1-7-8(5-22)2-12(15(25)16(7)27)33-21-9(17(28)10(23)4-11(21)24)3-13-18(29)20(31)19(30)14(6-26)32-13/h7-21,26-31H,2-6,22-25H2,1H3/t7-,8-,9-,10-,11+,12+,13+,14-,15+,16+,17-,18+,19-,20-,21+/m1/s1. The van der Waals surface area contributed by atoms with Crippen LogP contribution in [0.1, 0.15) is 26.2 Å². The molecule has 0 amide bonds. The van der Waals surface area contributed by atoms with Gasteiger partial charge in [0.1, 0.15) is 24.4 Å². The van der Waals surface area contributed by atoms with Crippen LogP contribution >= 0.6 is 0 Å². The quantitative estimate of drug-likeness (QED) is 0.173. The third kappa shape index (κ3) is 5.37. The molecule has 0 bridgehead atoms. The van der Waals surface area contributed by atoms with Gasteiger partial charge in [0.05, 0.1) is 43.2 Å². The number of aliphatic hydroxyl groups is 6. The number of nitrogens with two attached hydrogens (primary N) is 4. The molecule has 0 spiro atoms. The van der Waals surface area contributed by atoms with E-state index in [2.05, 4.69) is 0 Å². The predicted molar refractivity (Wildman–Crippen MR) is 117 cm³/mol. The van der Waals surface area contributed by atoms with E-state index in [0.717, 1.165) is 0 Å². The highest BCUT2D eigenvalue weighted by molar-refractivity contribution is 5.03. The van der Waals surface area contributed by atoms with Gasteiger partial charge in [0, 0.05) is 18.0 Å². The van der Waals surface area contributed by atoms with Gasteiger partial charge in [-0.2, -0.15) is 0 Å². The maximum Gasteiger partial charge on any atom is 0.111 e. The van der Waals surface area contributed by atoms with Gasteiger partial charge in [0.15, 0.2) is 0 Å². The van der Waals surface area contributed by atoms with Gasteiger partial charge in [-0.15, -0.1) is 0 Å². The molecule has 0 radical (unpaired) electrons. The molecule has 0 aromatic rings. The normalized spacial score (nSPS) is 53.7. The molecule has 2 aliphatic carbocycles. The minimum Gasteiger partial charge on any atom is -0.394 e. The largest absolute Gasteiger partial charge is 0.394 e. The van der Waals surface area contributed by atoms with Crippen molar-refractivity contribution in [1.82, 2.24) is 0 Å². The van der Waals surface area contributed by atoms with Gasteiger partial charge in [-0.25, -0.2) is 0 Å². The molecule has 15 atom stereocenters. The lowest BCUT2D eigenvalue weighted by molar-refractivity contribution is -0.240. The van der Waals surface area contributed by atoms with Gasteiger partial charge >= 0.3 is 0 Å². The Labute approximate surface area is 193 Å². The SMILES string of the molecule is C[C@@H]1[C@@H](CN)C[C@H](O[C@H]2[C@H](C[C@@H]3O[C@H](CO)[C@@H](O)[C@H](O)[C@H]3O)[C@@H](O)[C@H](N)C[C@@H]2N)[C@H](N)[C@H]1O. The van der Waals surface area contributed by atoms with Gasteiger partial charge in [0.2, 0.25) is 0 Å². The summed E-state index contributed by atoms with van der Waals surface area (Å²) in [6.07, 6.45) is -8.85. The smallest absolute Gasteiger partial charge is 0.111 e. The summed E-state index contributed by atoms with van der Waals surface area (Å²) in [6, 6.07) is -1.87. The second kappa shape index (κ2) is 11.1. The molecule has 1 aliphatic heterocycles. The van der Waals surface area contributed by atoms with E-state index in [1.165, 1.54) is 0 Å². The first-order chi connectivity index (χ1) is 15.5. The first-order valence-corrected chi connectivity index (χ1v) is 11.8. The van der Waals surface area contributed by atoms with E-state index in [4.69, 9.17) is 32.4 Å². The van der Waals surface area contributed by atoms with Crippen molar-refractivity contribution in [3.63, 3.8) is 0 Å². The maximum absolute atomic E-state index is 10.9. The molecule has 2 saturated carbocycles. The third-order valence-corrected chi connectivity index (χ3v) is 8.04. The minimum absolute atomic E-state index is 0.000641. The molecule has 0 unspecified atom stereocenters. The fourth-order valence-electron chi connectivity index (χ4n) is 5.71. The number of hydrogen-bond donors (Lipinski definition) is 10. The minimum atomic E-state index is -1.53. The molecule has 12 nitrogen and oxygen atoms in total. The summed E-state index contributed by atoms with van der Waals surface area (Å²) in [7, 11) is 0. The summed E-state index contributed by atoms with van der Waals surface area (Å²) in [5.41, 5.74) is 24.7. The Morgan fingerprint density at radius 1 is 0.848 bits per heavy atom. The average Bonchev–Trinajstić information content (AvgIpc) is 2.79. The van der Waals surface area contributed by atoms with Gasteiger partial charge < -0.3 is 63.0 Å². The summed E-state index contributed by atoms with van der Waals surface area (Å²) >= 11 is 0. The van der Waals surface area contributed by atoms with E-state index in [0.29, 0.717) is 13.0 Å².